The van der Waals surface area contributed by atoms with Crippen LogP contribution in [-0.2, 0) is 0 Å². The molecule has 4 N–H and O–H groups in total. The lowest BCUT2D eigenvalue weighted by Crippen LogP contribution is -2.21. The fourth-order valence-electron chi connectivity index (χ4n) is 1.22. The van der Waals surface area contributed by atoms with Crippen molar-refractivity contribution in [1.82, 2.24) is 0 Å². The fraction of sp³-hybridized carbons (Fsp3) is 0.385. The smallest absolute Gasteiger partial charge is 0.211 e. The summed E-state index contributed by atoms with van der Waals surface area (Å²) in [6.45, 7) is 5.08. The number of benzene rings is 1. The van der Waals surface area contributed by atoms with Crippen molar-refractivity contribution in [2.24, 2.45) is 27.6 Å². The van der Waals surface area contributed by atoms with Gasteiger partial charge in [-0.15, -0.1) is 5.10 Å². The van der Waals surface area contributed by atoms with Gasteiger partial charge in [0.25, 0.3) is 0 Å². The van der Waals surface area contributed by atoms with Gasteiger partial charge in [-0.25, -0.2) is 0 Å². The summed E-state index contributed by atoms with van der Waals surface area (Å²) >= 11 is 0. The molecule has 0 fully saturated rings. The highest BCUT2D eigenvalue weighted by Gasteiger charge is 1.96. The Bertz CT molecular complexity index is 406. The van der Waals surface area contributed by atoms with Crippen LogP contribution < -0.4 is 16.2 Å². The summed E-state index contributed by atoms with van der Waals surface area (Å²) in [5, 5.41) is 7.25. The van der Waals surface area contributed by atoms with Crippen LogP contribution in [-0.4, -0.2) is 18.8 Å². The van der Waals surface area contributed by atoms with Crippen molar-refractivity contribution in [2.45, 2.75) is 20.3 Å². The van der Waals surface area contributed by atoms with Gasteiger partial charge in [0.05, 0.1) is 12.8 Å². The van der Waals surface area contributed by atoms with Crippen molar-refractivity contribution < 1.29 is 4.74 Å². The topological polar surface area (TPSA) is 86.0 Å². The van der Waals surface area contributed by atoms with E-state index in [1.807, 2.05) is 24.3 Å². The highest BCUT2D eigenvalue weighted by molar-refractivity contribution is 5.81. The third-order valence-electron chi connectivity index (χ3n) is 2.22. The predicted molar refractivity (Wildman–Crippen MR) is 74.8 cm³/mol. The van der Waals surface area contributed by atoms with Gasteiger partial charge in [-0.3, -0.25) is 0 Å². The second-order valence-corrected chi connectivity index (χ2v) is 4.37. The van der Waals surface area contributed by atoms with Gasteiger partial charge in [-0.05, 0) is 42.2 Å². The molecule has 1 aromatic rings. The van der Waals surface area contributed by atoms with Crippen molar-refractivity contribution in [1.29, 1.82) is 0 Å². The molecular formula is C13H20N4O. The minimum atomic E-state index is -0.0557. The number of nitrogens with zero attached hydrogens (tertiary/aromatic N) is 2. The molecular weight excluding hydrogens is 228 g/mol. The number of hydrogen-bond acceptors (Lipinski definition) is 3. The van der Waals surface area contributed by atoms with Crippen LogP contribution in [0.5, 0.6) is 5.75 Å². The third-order valence-corrected chi connectivity index (χ3v) is 2.22. The number of hydrogen-bond donors (Lipinski definition) is 2. The Balaban J connectivity index is 2.47. The molecule has 1 aromatic carbocycles. The Hall–Kier alpha value is -2.04. The molecule has 98 valence electrons. The van der Waals surface area contributed by atoms with Crippen LogP contribution in [0.4, 0.5) is 0 Å². The van der Waals surface area contributed by atoms with Gasteiger partial charge in [0.2, 0.25) is 5.96 Å². The summed E-state index contributed by atoms with van der Waals surface area (Å²) < 4.78 is 5.60. The average Bonchev–Trinajstić information content (AvgIpc) is 2.30. The summed E-state index contributed by atoms with van der Waals surface area (Å²) in [4.78, 5) is 0. The van der Waals surface area contributed by atoms with E-state index in [4.69, 9.17) is 16.2 Å². The molecule has 5 nitrogen and oxygen atoms in total. The van der Waals surface area contributed by atoms with Crippen LogP contribution in [0.1, 0.15) is 25.8 Å². The van der Waals surface area contributed by atoms with Crippen LogP contribution in [0.15, 0.2) is 34.5 Å². The maximum absolute atomic E-state index is 5.60. The second kappa shape index (κ2) is 7.32. The second-order valence-electron chi connectivity index (χ2n) is 4.37. The molecule has 5 heteroatoms. The average molecular weight is 248 g/mol. The van der Waals surface area contributed by atoms with E-state index in [-0.39, 0.29) is 5.96 Å². The van der Waals surface area contributed by atoms with E-state index in [9.17, 15) is 0 Å². The molecule has 0 saturated heterocycles. The molecule has 0 radical (unpaired) electrons. The van der Waals surface area contributed by atoms with Crippen molar-refractivity contribution in [3.63, 3.8) is 0 Å². The number of guanidine groups is 1. The molecule has 0 spiro atoms. The first kappa shape index (κ1) is 14.0. The van der Waals surface area contributed by atoms with Gasteiger partial charge in [-0.2, -0.15) is 5.10 Å². The first-order valence-electron chi connectivity index (χ1n) is 5.92. The Morgan fingerprint density at radius 1 is 1.28 bits per heavy atom. The Labute approximate surface area is 108 Å². The number of rotatable bonds is 6. The third kappa shape index (κ3) is 5.89. The maximum Gasteiger partial charge on any atom is 0.211 e. The molecule has 0 aromatic heterocycles. The predicted octanol–water partition coefficient (Wildman–Crippen LogP) is 1.72. The van der Waals surface area contributed by atoms with E-state index in [0.29, 0.717) is 5.92 Å². The van der Waals surface area contributed by atoms with Crippen molar-refractivity contribution in [3.05, 3.63) is 29.8 Å². The lowest BCUT2D eigenvalue weighted by molar-refractivity contribution is 0.289. The monoisotopic (exact) mass is 248 g/mol. The van der Waals surface area contributed by atoms with Crippen molar-refractivity contribution in [3.8, 4) is 5.75 Å². The Morgan fingerprint density at radius 3 is 2.50 bits per heavy atom. The highest BCUT2D eigenvalue weighted by atomic mass is 16.5. The highest BCUT2D eigenvalue weighted by Crippen LogP contribution is 2.12. The first-order chi connectivity index (χ1) is 8.58. The molecule has 0 aliphatic heterocycles. The van der Waals surface area contributed by atoms with Gasteiger partial charge in [0, 0.05) is 0 Å². The molecule has 1 rings (SSSR count). The summed E-state index contributed by atoms with van der Waals surface area (Å²) in [6, 6.07) is 7.60. The van der Waals surface area contributed by atoms with Crippen molar-refractivity contribution in [2.75, 3.05) is 6.61 Å². The van der Waals surface area contributed by atoms with E-state index in [0.717, 1.165) is 24.3 Å². The SMILES string of the molecule is CC(C)CCOc1ccc(C=NN=C(N)N)cc1. The Morgan fingerprint density at radius 2 is 1.94 bits per heavy atom. The van der Waals surface area contributed by atoms with Gasteiger partial charge < -0.3 is 16.2 Å². The molecule has 18 heavy (non-hydrogen) atoms. The summed E-state index contributed by atoms with van der Waals surface area (Å²) in [7, 11) is 0. The molecule has 0 unspecified atom stereocenters. The lowest BCUT2D eigenvalue weighted by atomic mass is 10.1. The largest absolute Gasteiger partial charge is 0.494 e. The quantitative estimate of drug-likeness (QED) is 0.456. The zero-order valence-corrected chi connectivity index (χ0v) is 10.8. The zero-order valence-electron chi connectivity index (χ0n) is 10.8. The van der Waals surface area contributed by atoms with Gasteiger partial charge in [0.15, 0.2) is 0 Å². The normalized spacial score (nSPS) is 10.8. The summed E-state index contributed by atoms with van der Waals surface area (Å²) in [5.41, 5.74) is 11.2. The molecule has 0 amide bonds. The standard InChI is InChI=1S/C13H20N4O/c1-10(2)7-8-18-12-5-3-11(4-6-12)9-16-17-13(14)15/h3-6,9-10H,7-8H2,1-2H3,(H4,14,15,17). The number of nitrogens with two attached hydrogens (primary N) is 2. The molecule has 0 bridgehead atoms. The summed E-state index contributed by atoms with van der Waals surface area (Å²) in [6.07, 6.45) is 2.63. The maximum atomic E-state index is 5.60. The van der Waals surface area contributed by atoms with E-state index in [1.165, 1.54) is 0 Å². The molecule has 0 aliphatic carbocycles. The molecule has 0 heterocycles. The van der Waals surface area contributed by atoms with Crippen LogP contribution in [0.25, 0.3) is 0 Å². The zero-order chi connectivity index (χ0) is 13.4. The minimum absolute atomic E-state index is 0.0557. The molecule has 0 saturated carbocycles. The lowest BCUT2D eigenvalue weighted by Gasteiger charge is -2.07. The van der Waals surface area contributed by atoms with Crippen molar-refractivity contribution >= 4 is 12.2 Å². The van der Waals surface area contributed by atoms with Crippen LogP contribution >= 0.6 is 0 Å². The van der Waals surface area contributed by atoms with Crippen LogP contribution in [0, 0.1) is 5.92 Å². The van der Waals surface area contributed by atoms with Crippen LogP contribution in [0.2, 0.25) is 0 Å². The molecule has 0 atom stereocenters. The fourth-order valence-corrected chi connectivity index (χ4v) is 1.22. The van der Waals surface area contributed by atoms with E-state index < -0.39 is 0 Å². The van der Waals surface area contributed by atoms with E-state index >= 15 is 0 Å². The van der Waals surface area contributed by atoms with Gasteiger partial charge >= 0.3 is 0 Å². The number of ether oxygens (including phenoxy) is 1. The van der Waals surface area contributed by atoms with Gasteiger partial charge in [0.1, 0.15) is 5.75 Å². The van der Waals surface area contributed by atoms with Crippen LogP contribution in [0.3, 0.4) is 0 Å². The summed E-state index contributed by atoms with van der Waals surface area (Å²) in [5.74, 6) is 1.45. The van der Waals surface area contributed by atoms with E-state index in [2.05, 4.69) is 24.1 Å². The Kier molecular flexibility index (Phi) is 5.70. The minimum Gasteiger partial charge on any atom is -0.494 e. The van der Waals surface area contributed by atoms with E-state index in [1.54, 1.807) is 6.21 Å². The first-order valence-corrected chi connectivity index (χ1v) is 5.92. The molecule has 0 aliphatic rings. The van der Waals surface area contributed by atoms with Gasteiger partial charge in [-0.1, -0.05) is 13.8 Å².